The van der Waals surface area contributed by atoms with E-state index < -0.39 is 0 Å². The highest BCUT2D eigenvalue weighted by Crippen LogP contribution is 2.24. The molecule has 2 heteroatoms. The maximum atomic E-state index is 12.1. The van der Waals surface area contributed by atoms with E-state index in [1.807, 2.05) is 31.2 Å². The second kappa shape index (κ2) is 4.60. The average Bonchev–Trinajstić information content (AvgIpc) is 2.30. The van der Waals surface area contributed by atoms with Crippen molar-refractivity contribution in [1.82, 2.24) is 0 Å². The summed E-state index contributed by atoms with van der Waals surface area (Å²) in [5, 5.41) is 0. The fourth-order valence-electron chi connectivity index (χ4n) is 2.18. The third kappa shape index (κ3) is 2.21. The standard InChI is InChI=1S/C14H16O2/c1-10-6-8-11(9-7-10)14(16)12-4-2-3-5-13(12)15/h6-9,12H,2-5H2,1H3. The normalized spacial score (nSPS) is 20.8. The minimum absolute atomic E-state index is 0.00435. The summed E-state index contributed by atoms with van der Waals surface area (Å²) >= 11 is 0. The second-order valence-electron chi connectivity index (χ2n) is 4.49. The molecule has 1 fully saturated rings. The Morgan fingerprint density at radius 2 is 1.88 bits per heavy atom. The van der Waals surface area contributed by atoms with Gasteiger partial charge >= 0.3 is 0 Å². The molecule has 84 valence electrons. The highest BCUT2D eigenvalue weighted by atomic mass is 16.1. The van der Waals surface area contributed by atoms with Crippen molar-refractivity contribution in [3.8, 4) is 0 Å². The smallest absolute Gasteiger partial charge is 0.173 e. The van der Waals surface area contributed by atoms with E-state index in [-0.39, 0.29) is 17.5 Å². The first kappa shape index (κ1) is 11.1. The molecule has 0 heterocycles. The molecule has 0 amide bonds. The van der Waals surface area contributed by atoms with E-state index in [4.69, 9.17) is 0 Å². The number of carbonyl (C=O) groups is 2. The SMILES string of the molecule is Cc1ccc(C(=O)C2CCCCC2=O)cc1. The highest BCUT2D eigenvalue weighted by molar-refractivity contribution is 6.10. The van der Waals surface area contributed by atoms with Crippen molar-refractivity contribution in [1.29, 1.82) is 0 Å². The molecule has 1 aliphatic carbocycles. The molecule has 2 nitrogen and oxygen atoms in total. The Morgan fingerprint density at radius 3 is 2.50 bits per heavy atom. The Morgan fingerprint density at radius 1 is 1.19 bits per heavy atom. The van der Waals surface area contributed by atoms with Crippen LogP contribution in [0.2, 0.25) is 0 Å². The van der Waals surface area contributed by atoms with E-state index >= 15 is 0 Å². The van der Waals surface area contributed by atoms with Gasteiger partial charge in [-0.15, -0.1) is 0 Å². The van der Waals surface area contributed by atoms with Crippen molar-refractivity contribution < 1.29 is 9.59 Å². The van der Waals surface area contributed by atoms with Crippen molar-refractivity contribution in [3.05, 3.63) is 35.4 Å². The topological polar surface area (TPSA) is 34.1 Å². The molecule has 1 atom stereocenters. The van der Waals surface area contributed by atoms with Crippen molar-refractivity contribution in [3.63, 3.8) is 0 Å². The molecule has 0 aromatic heterocycles. The summed E-state index contributed by atoms with van der Waals surface area (Å²) in [6.45, 7) is 1.99. The molecule has 16 heavy (non-hydrogen) atoms. The van der Waals surface area contributed by atoms with Gasteiger partial charge in [0, 0.05) is 12.0 Å². The van der Waals surface area contributed by atoms with Crippen molar-refractivity contribution in [2.45, 2.75) is 32.6 Å². The van der Waals surface area contributed by atoms with Crippen LogP contribution in [0.1, 0.15) is 41.6 Å². The van der Waals surface area contributed by atoms with Gasteiger partial charge in [-0.3, -0.25) is 9.59 Å². The van der Waals surface area contributed by atoms with Crippen molar-refractivity contribution in [2.24, 2.45) is 5.92 Å². The first-order chi connectivity index (χ1) is 7.68. The van der Waals surface area contributed by atoms with Gasteiger partial charge < -0.3 is 0 Å². The lowest BCUT2D eigenvalue weighted by molar-refractivity contribution is -0.122. The first-order valence-corrected chi connectivity index (χ1v) is 5.82. The van der Waals surface area contributed by atoms with Gasteiger partial charge in [0.2, 0.25) is 0 Å². The zero-order chi connectivity index (χ0) is 11.5. The number of hydrogen-bond acceptors (Lipinski definition) is 2. The minimum Gasteiger partial charge on any atom is -0.299 e. The predicted octanol–water partition coefficient (Wildman–Crippen LogP) is 2.94. The van der Waals surface area contributed by atoms with Gasteiger partial charge in [0.05, 0.1) is 5.92 Å². The van der Waals surface area contributed by atoms with Gasteiger partial charge in [0.25, 0.3) is 0 Å². The predicted molar refractivity (Wildman–Crippen MR) is 62.5 cm³/mol. The van der Waals surface area contributed by atoms with Crippen LogP contribution < -0.4 is 0 Å². The molecule has 1 aromatic rings. The average molecular weight is 216 g/mol. The van der Waals surface area contributed by atoms with Gasteiger partial charge in [-0.1, -0.05) is 36.2 Å². The van der Waals surface area contributed by atoms with Crippen LogP contribution in [0.25, 0.3) is 0 Å². The quantitative estimate of drug-likeness (QED) is 0.562. The highest BCUT2D eigenvalue weighted by Gasteiger charge is 2.29. The molecule has 0 saturated heterocycles. The number of benzene rings is 1. The van der Waals surface area contributed by atoms with E-state index in [1.54, 1.807) is 0 Å². The van der Waals surface area contributed by atoms with Crippen LogP contribution in [-0.4, -0.2) is 11.6 Å². The lowest BCUT2D eigenvalue weighted by Gasteiger charge is -2.19. The van der Waals surface area contributed by atoms with Gasteiger partial charge in [-0.25, -0.2) is 0 Å². The number of Topliss-reactive ketones (excluding diaryl/α,β-unsaturated/α-hetero) is 2. The third-order valence-corrected chi connectivity index (χ3v) is 3.21. The summed E-state index contributed by atoms with van der Waals surface area (Å²) in [5.41, 5.74) is 1.80. The second-order valence-corrected chi connectivity index (χ2v) is 4.49. The summed E-state index contributed by atoms with van der Waals surface area (Å²) < 4.78 is 0. The van der Waals surface area contributed by atoms with Crippen LogP contribution >= 0.6 is 0 Å². The summed E-state index contributed by atoms with van der Waals surface area (Å²) in [6.07, 6.45) is 3.23. The fourth-order valence-corrected chi connectivity index (χ4v) is 2.18. The molecule has 0 N–H and O–H groups in total. The van der Waals surface area contributed by atoms with E-state index in [1.165, 1.54) is 0 Å². The molecular weight excluding hydrogens is 200 g/mol. The van der Waals surface area contributed by atoms with Gasteiger partial charge in [0.1, 0.15) is 5.78 Å². The maximum Gasteiger partial charge on any atom is 0.173 e. The molecule has 1 aromatic carbocycles. The Labute approximate surface area is 95.7 Å². The fraction of sp³-hybridized carbons (Fsp3) is 0.429. The van der Waals surface area contributed by atoms with E-state index in [9.17, 15) is 9.59 Å². The minimum atomic E-state index is -0.378. The Kier molecular flexibility index (Phi) is 3.18. The van der Waals surface area contributed by atoms with Crippen molar-refractivity contribution in [2.75, 3.05) is 0 Å². The monoisotopic (exact) mass is 216 g/mol. The maximum absolute atomic E-state index is 12.1. The molecule has 0 bridgehead atoms. The summed E-state index contributed by atoms with van der Waals surface area (Å²) in [4.78, 5) is 23.8. The Hall–Kier alpha value is -1.44. The van der Waals surface area contributed by atoms with E-state index in [0.717, 1.165) is 24.8 Å². The van der Waals surface area contributed by atoms with Crippen LogP contribution in [0.4, 0.5) is 0 Å². The molecule has 0 spiro atoms. The Balaban J connectivity index is 2.17. The number of aryl methyl sites for hydroxylation is 1. The van der Waals surface area contributed by atoms with Crippen LogP contribution in [0.5, 0.6) is 0 Å². The molecule has 1 saturated carbocycles. The number of ketones is 2. The van der Waals surface area contributed by atoms with Crippen LogP contribution in [-0.2, 0) is 4.79 Å². The molecular formula is C14H16O2. The lowest BCUT2D eigenvalue weighted by atomic mass is 9.83. The molecule has 2 rings (SSSR count). The molecule has 0 radical (unpaired) electrons. The summed E-state index contributed by atoms with van der Waals surface area (Å²) in [7, 11) is 0. The lowest BCUT2D eigenvalue weighted by Crippen LogP contribution is -2.27. The number of hydrogen-bond donors (Lipinski definition) is 0. The Bertz CT molecular complexity index is 403. The van der Waals surface area contributed by atoms with Gasteiger partial charge in [-0.05, 0) is 19.8 Å². The van der Waals surface area contributed by atoms with E-state index in [2.05, 4.69) is 0 Å². The van der Waals surface area contributed by atoms with Crippen LogP contribution in [0.3, 0.4) is 0 Å². The largest absolute Gasteiger partial charge is 0.299 e. The number of carbonyl (C=O) groups excluding carboxylic acids is 2. The van der Waals surface area contributed by atoms with Gasteiger partial charge in [-0.2, -0.15) is 0 Å². The van der Waals surface area contributed by atoms with Gasteiger partial charge in [0.15, 0.2) is 5.78 Å². The van der Waals surface area contributed by atoms with Crippen LogP contribution in [0, 0.1) is 12.8 Å². The van der Waals surface area contributed by atoms with Crippen LogP contribution in [0.15, 0.2) is 24.3 Å². The number of rotatable bonds is 2. The van der Waals surface area contributed by atoms with Crippen molar-refractivity contribution >= 4 is 11.6 Å². The van der Waals surface area contributed by atoms with E-state index in [0.29, 0.717) is 12.0 Å². The molecule has 1 unspecified atom stereocenters. The first-order valence-electron chi connectivity index (χ1n) is 5.82. The molecule has 0 aliphatic heterocycles. The molecule has 1 aliphatic rings. The zero-order valence-corrected chi connectivity index (χ0v) is 9.53. The third-order valence-electron chi connectivity index (χ3n) is 3.21. The summed E-state index contributed by atoms with van der Waals surface area (Å²) in [5.74, 6) is -0.252. The zero-order valence-electron chi connectivity index (χ0n) is 9.53. The summed E-state index contributed by atoms with van der Waals surface area (Å²) in [6, 6.07) is 7.47.